The van der Waals surface area contributed by atoms with Gasteiger partial charge in [0.2, 0.25) is 0 Å². The predicted octanol–water partition coefficient (Wildman–Crippen LogP) is 1.89. The number of carbonyl (C=O) groups is 1. The van der Waals surface area contributed by atoms with Crippen LogP contribution in [0.3, 0.4) is 0 Å². The topological polar surface area (TPSA) is 51.2 Å². The van der Waals surface area contributed by atoms with Crippen LogP contribution < -0.4 is 5.32 Å². The second-order valence-corrected chi connectivity index (χ2v) is 2.84. The summed E-state index contributed by atoms with van der Waals surface area (Å²) < 4.78 is 4.76. The van der Waals surface area contributed by atoms with E-state index in [0.717, 1.165) is 5.69 Å². The quantitative estimate of drug-likeness (QED) is 0.799. The van der Waals surface area contributed by atoms with Gasteiger partial charge in [-0.15, -0.1) is 0 Å². The molecule has 0 aliphatic heterocycles. The first kappa shape index (κ1) is 10.5. The maximum absolute atomic E-state index is 11.1. The van der Waals surface area contributed by atoms with Crippen LogP contribution in [-0.2, 0) is 4.74 Å². The van der Waals surface area contributed by atoms with Gasteiger partial charge >= 0.3 is 6.09 Å². The van der Waals surface area contributed by atoms with E-state index >= 15 is 0 Å². The molecule has 1 heterocycles. The highest BCUT2D eigenvalue weighted by Crippen LogP contribution is 2.07. The van der Waals surface area contributed by atoms with Gasteiger partial charge in [-0.3, -0.25) is 4.98 Å². The minimum absolute atomic E-state index is 0.129. The Morgan fingerprint density at radius 1 is 1.64 bits per heavy atom. The van der Waals surface area contributed by atoms with Crippen molar-refractivity contribution in [2.24, 2.45) is 0 Å². The summed E-state index contributed by atoms with van der Waals surface area (Å²) in [6.07, 6.45) is 1.28. The Balaban J connectivity index is 2.50. The van der Waals surface area contributed by atoms with Gasteiger partial charge in [-0.1, -0.05) is 6.07 Å². The van der Waals surface area contributed by atoms with Crippen LogP contribution in [0.25, 0.3) is 0 Å². The van der Waals surface area contributed by atoms with Crippen LogP contribution in [0.15, 0.2) is 24.4 Å². The third-order valence-electron chi connectivity index (χ3n) is 1.74. The average Bonchev–Trinajstić information content (AvgIpc) is 2.19. The monoisotopic (exact) mass is 194 g/mol. The smallest absolute Gasteiger partial charge is 0.407 e. The number of amides is 1. The number of rotatable bonds is 3. The molecule has 1 aromatic rings. The van der Waals surface area contributed by atoms with E-state index in [-0.39, 0.29) is 6.04 Å². The van der Waals surface area contributed by atoms with Crippen LogP contribution in [0.5, 0.6) is 0 Å². The molecule has 0 radical (unpaired) electrons. The van der Waals surface area contributed by atoms with E-state index in [1.54, 1.807) is 13.1 Å². The van der Waals surface area contributed by atoms with E-state index in [4.69, 9.17) is 4.74 Å². The number of nitrogens with one attached hydrogen (secondary N) is 1. The van der Waals surface area contributed by atoms with E-state index in [1.165, 1.54) is 0 Å². The van der Waals surface area contributed by atoms with E-state index in [9.17, 15) is 4.79 Å². The number of alkyl carbamates (subject to hydrolysis) is 1. The fourth-order valence-electron chi connectivity index (χ4n) is 1.06. The van der Waals surface area contributed by atoms with Crippen LogP contribution in [0.1, 0.15) is 25.6 Å². The molecule has 4 nitrogen and oxygen atoms in total. The Bertz CT molecular complexity index is 287. The van der Waals surface area contributed by atoms with Crippen molar-refractivity contribution in [3.05, 3.63) is 30.1 Å². The van der Waals surface area contributed by atoms with E-state index < -0.39 is 6.09 Å². The second kappa shape index (κ2) is 5.21. The lowest BCUT2D eigenvalue weighted by molar-refractivity contribution is 0.148. The minimum Gasteiger partial charge on any atom is -0.450 e. The van der Waals surface area contributed by atoms with Gasteiger partial charge in [-0.2, -0.15) is 0 Å². The minimum atomic E-state index is -0.411. The maximum Gasteiger partial charge on any atom is 0.407 e. The van der Waals surface area contributed by atoms with Crippen molar-refractivity contribution < 1.29 is 9.53 Å². The Morgan fingerprint density at radius 2 is 2.43 bits per heavy atom. The summed E-state index contributed by atoms with van der Waals surface area (Å²) in [5, 5.41) is 2.67. The van der Waals surface area contributed by atoms with E-state index in [1.807, 2.05) is 25.1 Å². The molecule has 14 heavy (non-hydrogen) atoms. The van der Waals surface area contributed by atoms with Crippen molar-refractivity contribution >= 4 is 6.09 Å². The third-order valence-corrected chi connectivity index (χ3v) is 1.74. The number of ether oxygens (including phenoxy) is 1. The average molecular weight is 194 g/mol. The number of aromatic nitrogens is 1. The molecule has 0 aliphatic carbocycles. The number of hydrogen-bond donors (Lipinski definition) is 1. The van der Waals surface area contributed by atoms with Gasteiger partial charge in [-0.05, 0) is 26.0 Å². The Hall–Kier alpha value is -1.58. The first-order valence-corrected chi connectivity index (χ1v) is 4.58. The van der Waals surface area contributed by atoms with E-state index in [2.05, 4.69) is 10.3 Å². The molecule has 1 N–H and O–H groups in total. The van der Waals surface area contributed by atoms with Gasteiger partial charge in [0.25, 0.3) is 0 Å². The molecule has 0 saturated carbocycles. The highest BCUT2D eigenvalue weighted by atomic mass is 16.5. The first-order chi connectivity index (χ1) is 6.74. The molecule has 76 valence electrons. The molecule has 1 aromatic heterocycles. The van der Waals surface area contributed by atoms with Gasteiger partial charge in [0.05, 0.1) is 18.3 Å². The Morgan fingerprint density at radius 3 is 3.00 bits per heavy atom. The normalized spacial score (nSPS) is 11.9. The zero-order chi connectivity index (χ0) is 10.4. The molecule has 0 spiro atoms. The van der Waals surface area contributed by atoms with Gasteiger partial charge in [0, 0.05) is 6.20 Å². The largest absolute Gasteiger partial charge is 0.450 e. The van der Waals surface area contributed by atoms with Crippen molar-refractivity contribution in [1.82, 2.24) is 10.3 Å². The molecular weight excluding hydrogens is 180 g/mol. The molecule has 0 aromatic carbocycles. The highest BCUT2D eigenvalue weighted by molar-refractivity contribution is 5.67. The number of carbonyl (C=O) groups excluding carboxylic acids is 1. The highest BCUT2D eigenvalue weighted by Gasteiger charge is 2.09. The first-order valence-electron chi connectivity index (χ1n) is 4.58. The molecule has 0 fully saturated rings. The molecule has 1 amide bonds. The number of pyridine rings is 1. The summed E-state index contributed by atoms with van der Waals surface area (Å²) >= 11 is 0. The van der Waals surface area contributed by atoms with Crippen molar-refractivity contribution in [3.63, 3.8) is 0 Å². The summed E-state index contributed by atoms with van der Waals surface area (Å²) in [7, 11) is 0. The van der Waals surface area contributed by atoms with Crippen LogP contribution >= 0.6 is 0 Å². The summed E-state index contributed by atoms with van der Waals surface area (Å²) in [5.41, 5.74) is 0.820. The van der Waals surface area contributed by atoms with Crippen LogP contribution in [-0.4, -0.2) is 17.7 Å². The predicted molar refractivity (Wildman–Crippen MR) is 52.8 cm³/mol. The molecule has 0 aliphatic rings. The maximum atomic E-state index is 11.1. The molecule has 0 saturated heterocycles. The summed E-state index contributed by atoms with van der Waals surface area (Å²) in [6.45, 7) is 4.00. The fourth-order valence-corrected chi connectivity index (χ4v) is 1.06. The molecule has 4 heteroatoms. The Kier molecular flexibility index (Phi) is 3.91. The van der Waals surface area contributed by atoms with Crippen LogP contribution in [0, 0.1) is 0 Å². The summed E-state index contributed by atoms with van der Waals surface area (Å²) in [4.78, 5) is 15.2. The van der Waals surface area contributed by atoms with E-state index in [0.29, 0.717) is 6.61 Å². The lowest BCUT2D eigenvalue weighted by atomic mass is 10.2. The lowest BCUT2D eigenvalue weighted by Crippen LogP contribution is -2.27. The van der Waals surface area contributed by atoms with Gasteiger partial charge < -0.3 is 10.1 Å². The number of nitrogens with zero attached hydrogens (tertiary/aromatic N) is 1. The van der Waals surface area contributed by atoms with Gasteiger partial charge in [0.1, 0.15) is 0 Å². The molecule has 0 bridgehead atoms. The van der Waals surface area contributed by atoms with Crippen molar-refractivity contribution in [1.29, 1.82) is 0 Å². The standard InChI is InChI=1S/C10H14N2O2/c1-3-14-10(13)12-8(2)9-6-4-5-7-11-9/h4-8H,3H2,1-2H3,(H,12,13). The van der Waals surface area contributed by atoms with Crippen LogP contribution in [0.4, 0.5) is 4.79 Å². The zero-order valence-corrected chi connectivity index (χ0v) is 8.36. The summed E-state index contributed by atoms with van der Waals surface area (Å²) in [5.74, 6) is 0. The fraction of sp³-hybridized carbons (Fsp3) is 0.400. The SMILES string of the molecule is CCOC(=O)NC(C)c1ccccn1. The van der Waals surface area contributed by atoms with Crippen molar-refractivity contribution in [2.75, 3.05) is 6.61 Å². The van der Waals surface area contributed by atoms with Crippen molar-refractivity contribution in [2.45, 2.75) is 19.9 Å². The zero-order valence-electron chi connectivity index (χ0n) is 8.36. The molecule has 1 unspecified atom stereocenters. The molecule has 1 rings (SSSR count). The lowest BCUT2D eigenvalue weighted by Gasteiger charge is -2.12. The second-order valence-electron chi connectivity index (χ2n) is 2.84. The van der Waals surface area contributed by atoms with Crippen molar-refractivity contribution in [3.8, 4) is 0 Å². The Labute approximate surface area is 83.3 Å². The molecular formula is C10H14N2O2. The van der Waals surface area contributed by atoms with Gasteiger partial charge in [0.15, 0.2) is 0 Å². The van der Waals surface area contributed by atoms with Gasteiger partial charge in [-0.25, -0.2) is 4.79 Å². The third kappa shape index (κ3) is 3.05. The number of hydrogen-bond acceptors (Lipinski definition) is 3. The van der Waals surface area contributed by atoms with Crippen LogP contribution in [0.2, 0.25) is 0 Å². The summed E-state index contributed by atoms with van der Waals surface area (Å²) in [6, 6.07) is 5.44. The molecule has 1 atom stereocenters.